The number of fused-ring (bicyclic) bond motifs is 2. The highest BCUT2D eigenvalue weighted by Crippen LogP contribution is 2.43. The zero-order chi connectivity index (χ0) is 49.0. The molecule has 7 aromatic carbocycles. The first kappa shape index (κ1) is 49.7. The van der Waals surface area contributed by atoms with Gasteiger partial charge in [0.1, 0.15) is 11.5 Å². The molecule has 0 N–H and O–H groups in total. The lowest BCUT2D eigenvalue weighted by atomic mass is 9.67. The molecule has 352 valence electrons. The summed E-state index contributed by atoms with van der Waals surface area (Å²) in [5, 5.41) is 25.6. The van der Waals surface area contributed by atoms with E-state index in [0.29, 0.717) is 42.5 Å². The van der Waals surface area contributed by atoms with Gasteiger partial charge in [-0.25, -0.2) is 9.59 Å². The van der Waals surface area contributed by atoms with Crippen molar-refractivity contribution in [3.8, 4) is 11.5 Å². The summed E-state index contributed by atoms with van der Waals surface area (Å²) >= 11 is 0. The third-order valence-electron chi connectivity index (χ3n) is 11.2. The van der Waals surface area contributed by atoms with Gasteiger partial charge in [-0.2, -0.15) is 0 Å². The lowest BCUT2D eigenvalue weighted by Gasteiger charge is -2.37. The minimum Gasteiger partial charge on any atom is -0.871 e. The van der Waals surface area contributed by atoms with Crippen LogP contribution in [0.15, 0.2) is 225 Å². The van der Waals surface area contributed by atoms with E-state index in [1.165, 1.54) is 26.2 Å². The van der Waals surface area contributed by atoms with Crippen LogP contribution in [-0.2, 0) is 10.1 Å². The van der Waals surface area contributed by atoms with Crippen molar-refractivity contribution in [2.45, 2.75) is 32.1 Å². The van der Waals surface area contributed by atoms with Gasteiger partial charge in [0.25, 0.3) is 0 Å². The third kappa shape index (κ3) is 13.1. The molecule has 0 aliphatic rings. The fourth-order valence-electron chi connectivity index (χ4n) is 8.07. The molecule has 2 heterocycles. The van der Waals surface area contributed by atoms with Gasteiger partial charge < -0.3 is 24.2 Å². The van der Waals surface area contributed by atoms with E-state index in [1.54, 1.807) is 60.9 Å². The van der Waals surface area contributed by atoms with Gasteiger partial charge in [-0.05, 0) is 101 Å². The first-order valence-electron chi connectivity index (χ1n) is 23.1. The predicted molar refractivity (Wildman–Crippen MR) is 265 cm³/mol. The molecule has 0 fully saturated rings. The molecule has 0 atom stereocenters. The van der Waals surface area contributed by atoms with E-state index in [0.717, 1.165) is 28.0 Å². The number of ether oxygens (including phenoxy) is 2. The van der Waals surface area contributed by atoms with Crippen LogP contribution in [0.4, 0.5) is 0 Å². The highest BCUT2D eigenvalue weighted by molar-refractivity contribution is 6.28. The summed E-state index contributed by atoms with van der Waals surface area (Å²) < 4.78 is 18.5. The Morgan fingerprint density at radius 1 is 0.471 bits per heavy atom. The number of hydrogen-bond acceptors (Lipinski definition) is 9. The average molecular weight is 933 g/mol. The maximum absolute atomic E-state index is 12.3. The molecule has 70 heavy (non-hydrogen) atoms. The molecule has 0 radical (unpaired) electrons. The predicted octanol–water partition coefficient (Wildman–Crippen LogP) is 8.11. The van der Waals surface area contributed by atoms with Crippen molar-refractivity contribution in [3.63, 3.8) is 0 Å². The Hall–Kier alpha value is -8.16. The number of carbonyl (C=O) groups is 2. The molecule has 0 bridgehead atoms. The zero-order valence-electron chi connectivity index (χ0n) is 39.0. The number of rotatable bonds is 16. The molecule has 0 saturated carbocycles. The Labute approximate surface area is 408 Å². The Kier molecular flexibility index (Phi) is 18.0. The average Bonchev–Trinajstić information content (AvgIpc) is 3.40. The topological polar surface area (TPSA) is 134 Å². The Bertz CT molecular complexity index is 2830. The van der Waals surface area contributed by atoms with E-state index >= 15 is 0 Å². The van der Waals surface area contributed by atoms with Gasteiger partial charge in [-0.3, -0.25) is 9.68 Å². The smallest absolute Gasteiger partial charge is 0.414 e. The van der Waals surface area contributed by atoms with Crippen molar-refractivity contribution >= 4 is 40.8 Å². The van der Waals surface area contributed by atoms with E-state index in [9.17, 15) is 19.6 Å². The van der Waals surface area contributed by atoms with Crippen molar-refractivity contribution in [2.75, 3.05) is 19.8 Å². The second-order valence-electron chi connectivity index (χ2n) is 15.7. The van der Waals surface area contributed by atoms with E-state index in [-0.39, 0.29) is 12.0 Å². The summed E-state index contributed by atoms with van der Waals surface area (Å²) in [6.07, 6.45) is 4.71. The molecule has 2 aromatic heterocycles. The molecule has 0 amide bonds. The van der Waals surface area contributed by atoms with Crippen LogP contribution in [0, 0.1) is 0 Å². The Morgan fingerprint density at radius 3 is 1.23 bits per heavy atom. The molecular formula is C58H53BN2O9. The van der Waals surface area contributed by atoms with Gasteiger partial charge in [0.15, 0.2) is 13.2 Å². The normalized spacial score (nSPS) is 10.7. The number of esters is 2. The molecule has 12 heteroatoms. The summed E-state index contributed by atoms with van der Waals surface area (Å²) in [6, 6.07) is 68.5. The van der Waals surface area contributed by atoms with Gasteiger partial charge in [0, 0.05) is 45.7 Å². The molecule has 9 rings (SSSR count). The monoisotopic (exact) mass is 932 g/mol. The van der Waals surface area contributed by atoms with Crippen molar-refractivity contribution in [1.29, 1.82) is 0 Å². The van der Waals surface area contributed by atoms with Crippen molar-refractivity contribution in [2.24, 2.45) is 0 Å². The van der Waals surface area contributed by atoms with Gasteiger partial charge >= 0.3 is 23.3 Å². The molecule has 0 aliphatic carbocycles. The standard InChI is InChI=1S/C22H21BO3.2C18H16NO3/c24-23(25)26-18-10-17-22(19-11-4-1-5-12-19,20-13-6-2-7-14-20)21-15-8-3-9-16-21;2*1-2-21-19-12-6-5-9-17(19)18(20)22-16-11-10-14-7-3-4-8-15(14)13-16/h1-9,11-16H,10,17-18H2;2*3-13H,2H2,1H3/q-2;2*+1. The number of pyridine rings is 2. The van der Waals surface area contributed by atoms with Gasteiger partial charge in [0.05, 0.1) is 7.32 Å². The fourth-order valence-corrected chi connectivity index (χ4v) is 8.07. The maximum Gasteiger partial charge on any atom is 0.414 e. The number of aromatic nitrogens is 2. The quantitative estimate of drug-likeness (QED) is 0.0235. The van der Waals surface area contributed by atoms with Crippen LogP contribution in [0.1, 0.15) is 64.4 Å². The van der Waals surface area contributed by atoms with Crippen LogP contribution in [0.5, 0.6) is 11.5 Å². The third-order valence-corrected chi connectivity index (χ3v) is 11.2. The van der Waals surface area contributed by atoms with Crippen molar-refractivity contribution in [1.82, 2.24) is 0 Å². The summed E-state index contributed by atoms with van der Waals surface area (Å²) in [6.45, 7) is 4.80. The fraction of sp³-hybridized carbons (Fsp3) is 0.138. The molecule has 0 spiro atoms. The zero-order valence-corrected chi connectivity index (χ0v) is 39.0. The SMILES string of the molecule is CCO[n+]1ccccc1C(=O)Oc1ccc2ccccc2c1.CCO[n+]1ccccc1C(=O)Oc1ccc2ccccc2c1.[O-]B([O-])OCCCC(c1ccccc1)(c1ccccc1)c1ccccc1. The van der Waals surface area contributed by atoms with Crippen molar-refractivity contribution in [3.05, 3.63) is 253 Å². The van der Waals surface area contributed by atoms with E-state index in [1.807, 2.05) is 141 Å². The number of carbonyl (C=O) groups excluding carboxylic acids is 2. The van der Waals surface area contributed by atoms with E-state index in [2.05, 4.69) is 36.4 Å². The highest BCUT2D eigenvalue weighted by atomic mass is 16.7. The lowest BCUT2D eigenvalue weighted by Crippen LogP contribution is -2.48. The second kappa shape index (κ2) is 25.3. The molecule has 9 aromatic rings. The van der Waals surface area contributed by atoms with Crippen molar-refractivity contribution < 1.29 is 52.9 Å². The minimum absolute atomic E-state index is 0.159. The van der Waals surface area contributed by atoms with Crippen LogP contribution < -0.4 is 38.7 Å². The lowest BCUT2D eigenvalue weighted by molar-refractivity contribution is -0.892. The molecule has 0 aliphatic heterocycles. The van der Waals surface area contributed by atoms with Crippen LogP contribution >= 0.6 is 0 Å². The van der Waals surface area contributed by atoms with Crippen LogP contribution in [0.25, 0.3) is 21.5 Å². The number of hydrogen-bond donors (Lipinski definition) is 0. The first-order chi connectivity index (χ1) is 34.3. The summed E-state index contributed by atoms with van der Waals surface area (Å²) in [4.78, 5) is 35.4. The minimum atomic E-state index is -2.23. The summed E-state index contributed by atoms with van der Waals surface area (Å²) in [5.41, 5.74) is 3.86. The van der Waals surface area contributed by atoms with Crippen LogP contribution in [0.2, 0.25) is 0 Å². The van der Waals surface area contributed by atoms with Gasteiger partial charge in [-0.1, -0.05) is 152 Å². The second-order valence-corrected chi connectivity index (χ2v) is 15.7. The maximum atomic E-state index is 12.3. The molecular weight excluding hydrogens is 879 g/mol. The van der Waals surface area contributed by atoms with E-state index in [4.69, 9.17) is 23.8 Å². The van der Waals surface area contributed by atoms with Crippen LogP contribution in [-0.4, -0.2) is 39.1 Å². The number of nitrogens with zero attached hydrogens (tertiary/aromatic N) is 2. The summed E-state index contributed by atoms with van der Waals surface area (Å²) in [5.74, 6) is 0.111. The molecule has 0 saturated heterocycles. The first-order valence-corrected chi connectivity index (χ1v) is 23.1. The van der Waals surface area contributed by atoms with Gasteiger partial charge in [-0.15, -0.1) is 0 Å². The molecule has 11 nitrogen and oxygen atoms in total. The summed E-state index contributed by atoms with van der Waals surface area (Å²) in [7, 11) is -2.23. The Morgan fingerprint density at radius 2 is 0.843 bits per heavy atom. The van der Waals surface area contributed by atoms with Gasteiger partial charge in [0.2, 0.25) is 12.4 Å². The Balaban J connectivity index is 0.000000155. The van der Waals surface area contributed by atoms with E-state index < -0.39 is 19.3 Å². The molecule has 0 unspecified atom stereocenters. The highest BCUT2D eigenvalue weighted by Gasteiger charge is 2.35. The number of benzene rings is 7. The van der Waals surface area contributed by atoms with Crippen LogP contribution in [0.3, 0.4) is 0 Å². The largest absolute Gasteiger partial charge is 0.871 e.